The molecule has 0 aromatic rings. The van der Waals surface area contributed by atoms with Crippen LogP contribution in [0.2, 0.25) is 6.32 Å². The van der Waals surface area contributed by atoms with E-state index in [1.807, 2.05) is 7.05 Å². The lowest BCUT2D eigenvalue weighted by Crippen LogP contribution is -2.64. The zero-order valence-corrected chi connectivity index (χ0v) is 18.9. The number of carbonyl (C=O) groups excluding carboxylic acids is 1. The van der Waals surface area contributed by atoms with Crippen molar-refractivity contribution in [3.63, 3.8) is 0 Å². The largest absolute Gasteiger partial charge is 0.457 e. The SMILES string of the molecule is CCCCNC(=O)C1(NC)C[C@H](CCB2OC(C)(C)C(C)(C)O2)CCC1CN. The fourth-order valence-corrected chi connectivity index (χ4v) is 4.66. The average Bonchev–Trinajstić information content (AvgIpc) is 2.86. The van der Waals surface area contributed by atoms with Crippen LogP contribution in [0.5, 0.6) is 0 Å². The fraction of sp³-hybridized carbons (Fsp3) is 0.952. The Kier molecular flexibility index (Phi) is 7.99. The summed E-state index contributed by atoms with van der Waals surface area (Å²) in [5, 5.41) is 6.52. The summed E-state index contributed by atoms with van der Waals surface area (Å²) < 4.78 is 12.3. The molecule has 0 spiro atoms. The molecule has 2 fully saturated rings. The summed E-state index contributed by atoms with van der Waals surface area (Å²) in [5.41, 5.74) is 4.92. The molecule has 7 heteroatoms. The summed E-state index contributed by atoms with van der Waals surface area (Å²) in [6.07, 6.45) is 6.85. The molecule has 1 heterocycles. The molecule has 1 saturated heterocycles. The van der Waals surface area contributed by atoms with Gasteiger partial charge in [-0.05, 0) is 85.1 Å². The van der Waals surface area contributed by atoms with Gasteiger partial charge in [-0.15, -0.1) is 0 Å². The van der Waals surface area contributed by atoms with E-state index in [0.29, 0.717) is 12.5 Å². The number of amides is 1. The summed E-state index contributed by atoms with van der Waals surface area (Å²) >= 11 is 0. The summed E-state index contributed by atoms with van der Waals surface area (Å²) in [5.74, 6) is 0.748. The van der Waals surface area contributed by atoms with Crippen LogP contribution in [0.15, 0.2) is 0 Å². The van der Waals surface area contributed by atoms with Gasteiger partial charge in [-0.25, -0.2) is 0 Å². The molecule has 3 atom stereocenters. The van der Waals surface area contributed by atoms with Crippen molar-refractivity contribution >= 4 is 13.0 Å². The van der Waals surface area contributed by atoms with Crippen molar-refractivity contribution in [3.05, 3.63) is 0 Å². The first kappa shape index (κ1) is 23.7. The first-order chi connectivity index (χ1) is 13.1. The number of nitrogens with one attached hydrogen (secondary N) is 2. The third-order valence-corrected chi connectivity index (χ3v) is 7.30. The maximum Gasteiger partial charge on any atom is 0.457 e. The van der Waals surface area contributed by atoms with Gasteiger partial charge in [-0.2, -0.15) is 0 Å². The Morgan fingerprint density at radius 1 is 1.18 bits per heavy atom. The molecule has 0 aromatic heterocycles. The van der Waals surface area contributed by atoms with Crippen molar-refractivity contribution in [1.29, 1.82) is 0 Å². The molecule has 2 unspecified atom stereocenters. The molecule has 6 nitrogen and oxygen atoms in total. The quantitative estimate of drug-likeness (QED) is 0.413. The van der Waals surface area contributed by atoms with Crippen LogP contribution in [-0.2, 0) is 14.1 Å². The molecular weight excluding hydrogens is 353 g/mol. The van der Waals surface area contributed by atoms with E-state index in [2.05, 4.69) is 45.3 Å². The number of hydrogen-bond donors (Lipinski definition) is 3. The molecular formula is C21H42BN3O3. The average molecular weight is 395 g/mol. The monoisotopic (exact) mass is 395 g/mol. The molecule has 1 aliphatic heterocycles. The standard InChI is InChI=1S/C21H42BN3O3/c1-7-8-13-25-18(26)21(24-6)14-16(9-10-17(21)15-23)11-12-22-27-19(2,3)20(4,5)28-22/h16-17,24H,7-15,23H2,1-6H3,(H,25,26)/t16-,17?,21?/m0/s1. The molecule has 28 heavy (non-hydrogen) atoms. The summed E-state index contributed by atoms with van der Waals surface area (Å²) in [6.45, 7) is 11.8. The Hall–Kier alpha value is -0.625. The fourth-order valence-electron chi connectivity index (χ4n) is 4.66. The van der Waals surface area contributed by atoms with Gasteiger partial charge in [0, 0.05) is 6.54 Å². The highest BCUT2D eigenvalue weighted by atomic mass is 16.7. The maximum absolute atomic E-state index is 13.1. The predicted molar refractivity (Wildman–Crippen MR) is 115 cm³/mol. The van der Waals surface area contributed by atoms with E-state index in [0.717, 1.165) is 51.4 Å². The van der Waals surface area contributed by atoms with Crippen LogP contribution in [-0.4, -0.2) is 49.9 Å². The predicted octanol–water partition coefficient (Wildman–Crippen LogP) is 2.72. The summed E-state index contributed by atoms with van der Waals surface area (Å²) in [6, 6.07) is 0. The molecule has 1 aliphatic carbocycles. The second kappa shape index (κ2) is 9.46. The van der Waals surface area contributed by atoms with Crippen molar-refractivity contribution in [3.8, 4) is 0 Å². The van der Waals surface area contributed by atoms with Crippen LogP contribution >= 0.6 is 0 Å². The van der Waals surface area contributed by atoms with Crippen molar-refractivity contribution in [2.75, 3.05) is 20.1 Å². The lowest BCUT2D eigenvalue weighted by molar-refractivity contribution is -0.132. The van der Waals surface area contributed by atoms with Crippen LogP contribution in [0.1, 0.15) is 73.1 Å². The van der Waals surface area contributed by atoms with Gasteiger partial charge in [-0.3, -0.25) is 4.79 Å². The molecule has 0 aromatic carbocycles. The number of rotatable bonds is 9. The highest BCUT2D eigenvalue weighted by molar-refractivity contribution is 6.45. The number of likely N-dealkylation sites (N-methyl/N-ethyl adjacent to an activating group) is 1. The zero-order valence-electron chi connectivity index (χ0n) is 18.9. The third-order valence-electron chi connectivity index (χ3n) is 7.30. The lowest BCUT2D eigenvalue weighted by Gasteiger charge is -2.45. The van der Waals surface area contributed by atoms with Crippen LogP contribution in [0.4, 0.5) is 0 Å². The van der Waals surface area contributed by atoms with E-state index in [1.54, 1.807) is 0 Å². The molecule has 2 rings (SSSR count). The van der Waals surface area contributed by atoms with Gasteiger partial charge in [0.25, 0.3) is 0 Å². The van der Waals surface area contributed by atoms with E-state index < -0.39 is 5.54 Å². The molecule has 0 bridgehead atoms. The first-order valence-electron chi connectivity index (χ1n) is 11.1. The topological polar surface area (TPSA) is 85.6 Å². The maximum atomic E-state index is 13.1. The molecule has 0 radical (unpaired) electrons. The van der Waals surface area contributed by atoms with E-state index in [9.17, 15) is 4.79 Å². The van der Waals surface area contributed by atoms with Crippen LogP contribution in [0.3, 0.4) is 0 Å². The van der Waals surface area contributed by atoms with Gasteiger partial charge in [-0.1, -0.05) is 19.8 Å². The Bertz CT molecular complexity index is 513. The Balaban J connectivity index is 1.99. The second-order valence-corrected chi connectivity index (χ2v) is 9.67. The smallest absolute Gasteiger partial charge is 0.403 e. The van der Waals surface area contributed by atoms with Gasteiger partial charge < -0.3 is 25.7 Å². The second-order valence-electron chi connectivity index (χ2n) is 9.67. The first-order valence-corrected chi connectivity index (χ1v) is 11.1. The minimum absolute atomic E-state index is 0.110. The van der Waals surface area contributed by atoms with E-state index in [4.69, 9.17) is 15.0 Å². The van der Waals surface area contributed by atoms with Gasteiger partial charge >= 0.3 is 7.12 Å². The zero-order chi connectivity index (χ0) is 21.0. The summed E-state index contributed by atoms with van der Waals surface area (Å²) in [7, 11) is 1.73. The highest BCUT2D eigenvalue weighted by Gasteiger charge is 2.52. The Labute approximate surface area is 172 Å². The normalized spacial score (nSPS) is 31.8. The Morgan fingerprint density at radius 3 is 2.36 bits per heavy atom. The van der Waals surface area contributed by atoms with Gasteiger partial charge in [0.15, 0.2) is 0 Å². The van der Waals surface area contributed by atoms with Gasteiger partial charge in [0.1, 0.15) is 5.54 Å². The molecule has 1 saturated carbocycles. The minimum Gasteiger partial charge on any atom is -0.403 e. The highest BCUT2D eigenvalue weighted by Crippen LogP contribution is 2.42. The number of carbonyl (C=O) groups is 1. The number of nitrogens with two attached hydrogens (primary N) is 1. The van der Waals surface area contributed by atoms with Crippen LogP contribution < -0.4 is 16.4 Å². The van der Waals surface area contributed by atoms with E-state index >= 15 is 0 Å². The van der Waals surface area contributed by atoms with Crippen LogP contribution in [0.25, 0.3) is 0 Å². The lowest BCUT2D eigenvalue weighted by atomic mass is 9.65. The molecule has 2 aliphatic rings. The third kappa shape index (κ3) is 4.92. The van der Waals surface area contributed by atoms with Crippen molar-refractivity contribution < 1.29 is 14.1 Å². The van der Waals surface area contributed by atoms with Crippen molar-refractivity contribution in [1.82, 2.24) is 10.6 Å². The number of unbranched alkanes of at least 4 members (excludes halogenated alkanes) is 1. The minimum atomic E-state index is -0.568. The van der Waals surface area contributed by atoms with Crippen LogP contribution in [0, 0.1) is 11.8 Å². The van der Waals surface area contributed by atoms with Crippen molar-refractivity contribution in [2.24, 2.45) is 17.6 Å². The number of hydrogen-bond acceptors (Lipinski definition) is 5. The molecule has 1 amide bonds. The summed E-state index contributed by atoms with van der Waals surface area (Å²) in [4.78, 5) is 13.1. The van der Waals surface area contributed by atoms with E-state index in [1.165, 1.54) is 0 Å². The Morgan fingerprint density at radius 2 is 1.82 bits per heavy atom. The van der Waals surface area contributed by atoms with Gasteiger partial charge in [0.05, 0.1) is 11.2 Å². The molecule has 162 valence electrons. The molecule has 4 N–H and O–H groups in total. The van der Waals surface area contributed by atoms with Crippen molar-refractivity contribution in [2.45, 2.75) is 96.2 Å². The van der Waals surface area contributed by atoms with Gasteiger partial charge in [0.2, 0.25) is 5.91 Å². The van der Waals surface area contributed by atoms with E-state index in [-0.39, 0.29) is 30.1 Å².